The Bertz CT molecular complexity index is 1400. The van der Waals surface area contributed by atoms with E-state index in [-0.39, 0.29) is 15.0 Å². The highest BCUT2D eigenvalue weighted by atomic mass is 32.2. The molecule has 0 spiro atoms. The third-order valence-corrected chi connectivity index (χ3v) is 7.41. The van der Waals surface area contributed by atoms with E-state index in [4.69, 9.17) is 9.47 Å². The second-order valence-electron chi connectivity index (χ2n) is 8.23. The Morgan fingerprint density at radius 1 is 1.14 bits per heavy atom. The third-order valence-electron chi connectivity index (χ3n) is 4.90. The highest BCUT2D eigenvalue weighted by Gasteiger charge is 2.17. The summed E-state index contributed by atoms with van der Waals surface area (Å²) in [7, 11) is -3.53. The molecule has 1 aromatic heterocycles. The van der Waals surface area contributed by atoms with E-state index in [1.165, 1.54) is 6.08 Å². The van der Waals surface area contributed by atoms with Gasteiger partial charge < -0.3 is 9.47 Å². The van der Waals surface area contributed by atoms with Gasteiger partial charge in [-0.2, -0.15) is 5.26 Å². The monoisotopic (exact) mass is 526 g/mol. The first-order chi connectivity index (χ1) is 17.1. The fourth-order valence-corrected chi connectivity index (χ4v) is 4.61. The Labute approximate surface area is 214 Å². The lowest BCUT2D eigenvalue weighted by Gasteiger charge is -2.15. The molecule has 0 aliphatic heterocycles. The van der Waals surface area contributed by atoms with Crippen LogP contribution in [0, 0.1) is 18.3 Å². The molecule has 1 N–H and O–H groups in total. The van der Waals surface area contributed by atoms with Gasteiger partial charge in [0.1, 0.15) is 36.4 Å². The van der Waals surface area contributed by atoms with Crippen molar-refractivity contribution >= 4 is 38.3 Å². The average Bonchev–Trinajstić information content (AvgIpc) is 3.30. The van der Waals surface area contributed by atoms with E-state index in [0.717, 1.165) is 23.1 Å². The van der Waals surface area contributed by atoms with Crippen LogP contribution in [0.3, 0.4) is 0 Å². The van der Waals surface area contributed by atoms with Crippen molar-refractivity contribution in [3.8, 4) is 17.6 Å². The molecule has 0 atom stereocenters. The maximum absolute atomic E-state index is 12.4. The zero-order valence-electron chi connectivity index (χ0n) is 20.3. The summed E-state index contributed by atoms with van der Waals surface area (Å²) in [6.07, 6.45) is 2.40. The lowest BCUT2D eigenvalue weighted by molar-refractivity contribution is -0.112. The molecule has 9 nitrogen and oxygen atoms in total. The minimum absolute atomic E-state index is 0.0151. The number of amides is 1. The Morgan fingerprint density at radius 2 is 1.83 bits per heavy atom. The smallest absolute Gasteiger partial charge is 0.268 e. The fraction of sp³-hybridized carbons (Fsp3) is 0.280. The summed E-state index contributed by atoms with van der Waals surface area (Å²) in [6, 6.07) is 14.9. The Morgan fingerprint density at radius 3 is 2.44 bits per heavy atom. The topological polar surface area (TPSA) is 131 Å². The molecule has 1 heterocycles. The number of hydrogen-bond donors (Lipinski definition) is 1. The summed E-state index contributed by atoms with van der Waals surface area (Å²) in [5.41, 5.74) is 2.72. The Kier molecular flexibility index (Phi) is 8.79. The van der Waals surface area contributed by atoms with E-state index in [0.29, 0.717) is 41.8 Å². The van der Waals surface area contributed by atoms with Crippen molar-refractivity contribution in [3.63, 3.8) is 0 Å². The molecule has 0 unspecified atom stereocenters. The second-order valence-corrected chi connectivity index (χ2v) is 11.4. The van der Waals surface area contributed by atoms with E-state index in [2.05, 4.69) is 41.5 Å². The molecular formula is C25H26N4O5S2. The SMILES string of the molecule is Cc1ccc(C(C)C)c(OCCOc2ccc(/C=C(/C#N)C(=O)Nc3nnc(S(C)(=O)=O)s3)cc2)c1. The van der Waals surface area contributed by atoms with Gasteiger partial charge >= 0.3 is 0 Å². The fourth-order valence-electron chi connectivity index (χ4n) is 3.10. The van der Waals surface area contributed by atoms with Crippen molar-refractivity contribution in [1.82, 2.24) is 10.2 Å². The molecule has 0 aliphatic carbocycles. The minimum atomic E-state index is -3.53. The quantitative estimate of drug-likeness (QED) is 0.178. The van der Waals surface area contributed by atoms with Crippen LogP contribution in [0.1, 0.15) is 36.5 Å². The van der Waals surface area contributed by atoms with Crippen LogP contribution in [-0.4, -0.2) is 44.0 Å². The molecule has 0 saturated heterocycles. The molecule has 3 aromatic rings. The molecule has 11 heteroatoms. The molecule has 188 valence electrons. The lowest BCUT2D eigenvalue weighted by Crippen LogP contribution is -2.13. The van der Waals surface area contributed by atoms with Gasteiger partial charge in [0, 0.05) is 6.26 Å². The summed E-state index contributed by atoms with van der Waals surface area (Å²) >= 11 is 0.709. The van der Waals surface area contributed by atoms with Gasteiger partial charge in [0.2, 0.25) is 19.3 Å². The number of nitrogens with zero attached hydrogens (tertiary/aromatic N) is 3. The van der Waals surface area contributed by atoms with Gasteiger partial charge in [-0.1, -0.05) is 49.4 Å². The van der Waals surface area contributed by atoms with E-state index in [1.807, 2.05) is 19.1 Å². The zero-order chi connectivity index (χ0) is 26.3. The van der Waals surface area contributed by atoms with Gasteiger partial charge in [0.05, 0.1) is 0 Å². The third kappa shape index (κ3) is 7.37. The first-order valence-corrected chi connectivity index (χ1v) is 13.7. The summed E-state index contributed by atoms with van der Waals surface area (Å²) in [5.74, 6) is 1.11. The molecular weight excluding hydrogens is 500 g/mol. The van der Waals surface area contributed by atoms with E-state index in [9.17, 15) is 18.5 Å². The van der Waals surface area contributed by atoms with Crippen molar-refractivity contribution < 1.29 is 22.7 Å². The van der Waals surface area contributed by atoms with Crippen LogP contribution in [0.2, 0.25) is 0 Å². The van der Waals surface area contributed by atoms with Gasteiger partial charge in [0.25, 0.3) is 5.91 Å². The predicted molar refractivity (Wildman–Crippen MR) is 138 cm³/mol. The molecule has 0 saturated carbocycles. The first-order valence-electron chi connectivity index (χ1n) is 11.0. The Balaban J connectivity index is 1.56. The summed E-state index contributed by atoms with van der Waals surface area (Å²) < 4.78 is 34.5. The van der Waals surface area contributed by atoms with E-state index in [1.54, 1.807) is 24.3 Å². The molecule has 2 aromatic carbocycles. The summed E-state index contributed by atoms with van der Waals surface area (Å²) in [5, 5.41) is 18.9. The number of carbonyl (C=O) groups is 1. The van der Waals surface area contributed by atoms with Crippen LogP contribution >= 0.6 is 11.3 Å². The molecule has 0 aliphatic rings. The number of nitriles is 1. The first kappa shape index (κ1) is 26.8. The van der Waals surface area contributed by atoms with Crippen molar-refractivity contribution in [1.29, 1.82) is 5.26 Å². The number of hydrogen-bond acceptors (Lipinski definition) is 9. The van der Waals surface area contributed by atoms with Crippen molar-refractivity contribution in [2.24, 2.45) is 0 Å². The van der Waals surface area contributed by atoms with Gasteiger partial charge in [-0.25, -0.2) is 8.42 Å². The van der Waals surface area contributed by atoms with Crippen molar-refractivity contribution in [2.45, 2.75) is 31.0 Å². The van der Waals surface area contributed by atoms with E-state index >= 15 is 0 Å². The van der Waals surface area contributed by atoms with Crippen LogP contribution in [0.15, 0.2) is 52.4 Å². The number of ether oxygens (including phenoxy) is 2. The Hall–Kier alpha value is -3.75. The van der Waals surface area contributed by atoms with Crippen molar-refractivity contribution in [2.75, 3.05) is 24.8 Å². The van der Waals surface area contributed by atoms with Gasteiger partial charge in [-0.05, 0) is 53.8 Å². The number of sulfone groups is 1. The molecule has 0 radical (unpaired) electrons. The summed E-state index contributed by atoms with van der Waals surface area (Å²) in [6.45, 7) is 7.00. The van der Waals surface area contributed by atoms with Gasteiger partial charge in [-0.15, -0.1) is 10.2 Å². The minimum Gasteiger partial charge on any atom is -0.490 e. The number of rotatable bonds is 10. The number of benzene rings is 2. The highest BCUT2D eigenvalue weighted by Crippen LogP contribution is 2.27. The van der Waals surface area contributed by atoms with Crippen LogP contribution in [0.4, 0.5) is 5.13 Å². The molecule has 36 heavy (non-hydrogen) atoms. The normalized spacial score (nSPS) is 11.7. The number of carbonyl (C=O) groups excluding carboxylic acids is 1. The van der Waals surface area contributed by atoms with Crippen LogP contribution in [0.25, 0.3) is 6.08 Å². The maximum Gasteiger partial charge on any atom is 0.268 e. The van der Waals surface area contributed by atoms with Gasteiger partial charge in [0.15, 0.2) is 0 Å². The number of anilines is 1. The van der Waals surface area contributed by atoms with E-state index < -0.39 is 15.7 Å². The van der Waals surface area contributed by atoms with Crippen LogP contribution in [0.5, 0.6) is 11.5 Å². The number of aromatic nitrogens is 2. The van der Waals surface area contributed by atoms with Crippen molar-refractivity contribution in [3.05, 3.63) is 64.7 Å². The maximum atomic E-state index is 12.4. The van der Waals surface area contributed by atoms with Crippen LogP contribution < -0.4 is 14.8 Å². The lowest BCUT2D eigenvalue weighted by atomic mass is 10.0. The van der Waals surface area contributed by atoms with Crippen LogP contribution in [-0.2, 0) is 14.6 Å². The number of nitrogens with one attached hydrogen (secondary N) is 1. The summed E-state index contributed by atoms with van der Waals surface area (Å²) in [4.78, 5) is 12.4. The largest absolute Gasteiger partial charge is 0.490 e. The highest BCUT2D eigenvalue weighted by molar-refractivity contribution is 7.92. The molecule has 0 fully saturated rings. The second kappa shape index (κ2) is 11.8. The van der Waals surface area contributed by atoms with Gasteiger partial charge in [-0.3, -0.25) is 10.1 Å². The standard InChI is InChI=1S/C25H26N4O5S2/c1-16(2)21-10-5-17(3)13-22(21)34-12-11-33-20-8-6-18(7-9-20)14-19(15-26)23(30)27-24-28-29-25(35-24)36(4,31)32/h5-10,13-14,16H,11-12H2,1-4H3,(H,27,28,30)/b19-14-. The average molecular weight is 527 g/mol. The predicted octanol–water partition coefficient (Wildman–Crippen LogP) is 4.38. The molecule has 3 rings (SSSR count). The zero-order valence-corrected chi connectivity index (χ0v) is 21.9. The number of aryl methyl sites for hydroxylation is 1. The molecule has 0 bridgehead atoms. The molecule has 1 amide bonds.